The Bertz CT molecular complexity index is 428. The van der Waals surface area contributed by atoms with Gasteiger partial charge in [0.25, 0.3) is 0 Å². The Balaban J connectivity index is 1.70. The van der Waals surface area contributed by atoms with Crippen LogP contribution >= 0.6 is 0 Å². The second kappa shape index (κ2) is 5.83. The second-order valence-electron chi connectivity index (χ2n) is 6.65. The molecule has 21 heavy (non-hydrogen) atoms. The summed E-state index contributed by atoms with van der Waals surface area (Å²) in [6, 6.07) is -0.837. The van der Waals surface area contributed by atoms with Crippen molar-refractivity contribution in [2.45, 2.75) is 50.7 Å². The Morgan fingerprint density at radius 1 is 1.00 bits per heavy atom. The van der Waals surface area contributed by atoms with Crippen molar-refractivity contribution in [2.75, 3.05) is 19.6 Å². The normalized spacial score (nSPS) is 36.4. The first-order valence-corrected chi connectivity index (χ1v) is 8.04. The average molecular weight is 296 g/mol. The molecule has 0 aromatic carbocycles. The van der Waals surface area contributed by atoms with Gasteiger partial charge >= 0.3 is 12.0 Å². The van der Waals surface area contributed by atoms with Crippen LogP contribution in [0, 0.1) is 11.8 Å². The SMILES string of the molecule is O=C(O)C1CCCCCN1C(=O)N1CC2CCC(O)C2C1. The van der Waals surface area contributed by atoms with E-state index in [4.69, 9.17) is 0 Å². The third kappa shape index (κ3) is 2.73. The van der Waals surface area contributed by atoms with Gasteiger partial charge in [0.1, 0.15) is 6.04 Å². The zero-order valence-electron chi connectivity index (χ0n) is 12.3. The van der Waals surface area contributed by atoms with Gasteiger partial charge in [-0.2, -0.15) is 0 Å². The lowest BCUT2D eigenvalue weighted by Crippen LogP contribution is -2.50. The highest BCUT2D eigenvalue weighted by Crippen LogP contribution is 2.38. The lowest BCUT2D eigenvalue weighted by molar-refractivity contribution is -0.142. The summed E-state index contributed by atoms with van der Waals surface area (Å²) in [5, 5.41) is 19.3. The molecule has 0 radical (unpaired) electrons. The number of carboxylic acid groups (broad SMARTS) is 1. The van der Waals surface area contributed by atoms with Crippen molar-refractivity contribution in [3.05, 3.63) is 0 Å². The first-order valence-electron chi connectivity index (χ1n) is 8.04. The van der Waals surface area contributed by atoms with Gasteiger partial charge in [0.2, 0.25) is 0 Å². The van der Waals surface area contributed by atoms with Gasteiger partial charge in [-0.3, -0.25) is 0 Å². The van der Waals surface area contributed by atoms with E-state index >= 15 is 0 Å². The number of rotatable bonds is 1. The number of likely N-dealkylation sites (tertiary alicyclic amines) is 2. The fourth-order valence-corrected chi connectivity index (χ4v) is 4.17. The van der Waals surface area contributed by atoms with Gasteiger partial charge in [-0.15, -0.1) is 0 Å². The van der Waals surface area contributed by atoms with E-state index in [0.717, 1.165) is 32.1 Å². The van der Waals surface area contributed by atoms with E-state index in [0.29, 0.717) is 32.0 Å². The Hall–Kier alpha value is -1.30. The zero-order chi connectivity index (χ0) is 15.0. The molecule has 2 N–H and O–H groups in total. The van der Waals surface area contributed by atoms with E-state index in [1.165, 1.54) is 0 Å². The molecule has 2 amide bonds. The second-order valence-corrected chi connectivity index (χ2v) is 6.65. The van der Waals surface area contributed by atoms with Crippen molar-refractivity contribution in [1.82, 2.24) is 9.80 Å². The molecule has 0 aromatic heterocycles. The van der Waals surface area contributed by atoms with Crippen molar-refractivity contribution in [3.8, 4) is 0 Å². The van der Waals surface area contributed by atoms with Crippen molar-refractivity contribution in [1.29, 1.82) is 0 Å². The molecule has 2 aliphatic heterocycles. The summed E-state index contributed by atoms with van der Waals surface area (Å²) in [5.41, 5.74) is 0. The third-order valence-electron chi connectivity index (χ3n) is 5.37. The molecule has 0 bridgehead atoms. The lowest BCUT2D eigenvalue weighted by atomic mass is 10.00. The van der Waals surface area contributed by atoms with Crippen LogP contribution < -0.4 is 0 Å². The standard InChI is InChI=1S/C15H24N2O4/c18-13-6-5-10-8-16(9-11(10)13)15(21)17-7-3-1-2-4-12(17)14(19)20/h10-13,18H,1-9H2,(H,19,20). The highest BCUT2D eigenvalue weighted by Gasteiger charge is 2.45. The molecule has 6 heteroatoms. The van der Waals surface area contributed by atoms with Gasteiger partial charge in [0, 0.05) is 25.6 Å². The zero-order valence-corrected chi connectivity index (χ0v) is 12.3. The number of aliphatic carboxylic acids is 1. The van der Waals surface area contributed by atoms with Crippen LogP contribution in [0.25, 0.3) is 0 Å². The summed E-state index contributed by atoms with van der Waals surface area (Å²) in [4.78, 5) is 27.5. The average Bonchev–Trinajstić information content (AvgIpc) is 2.91. The summed E-state index contributed by atoms with van der Waals surface area (Å²) in [7, 11) is 0. The third-order valence-corrected chi connectivity index (χ3v) is 5.37. The highest BCUT2D eigenvalue weighted by molar-refractivity contribution is 5.83. The number of hydrogen-bond acceptors (Lipinski definition) is 3. The molecule has 118 valence electrons. The number of fused-ring (bicyclic) bond motifs is 1. The minimum absolute atomic E-state index is 0.147. The smallest absolute Gasteiger partial charge is 0.326 e. The van der Waals surface area contributed by atoms with Gasteiger partial charge in [-0.25, -0.2) is 9.59 Å². The first-order chi connectivity index (χ1) is 10.1. The Labute approximate surface area is 124 Å². The summed E-state index contributed by atoms with van der Waals surface area (Å²) in [5.74, 6) is -0.326. The van der Waals surface area contributed by atoms with Crippen molar-refractivity contribution in [3.63, 3.8) is 0 Å². The molecule has 3 aliphatic rings. The molecule has 3 fully saturated rings. The minimum Gasteiger partial charge on any atom is -0.480 e. The number of aliphatic hydroxyl groups is 1. The van der Waals surface area contributed by atoms with Gasteiger partial charge < -0.3 is 20.0 Å². The number of carbonyl (C=O) groups excluding carboxylic acids is 1. The molecular weight excluding hydrogens is 272 g/mol. The maximum Gasteiger partial charge on any atom is 0.326 e. The molecule has 1 aliphatic carbocycles. The summed E-state index contributed by atoms with van der Waals surface area (Å²) >= 11 is 0. The number of urea groups is 1. The predicted octanol–water partition coefficient (Wildman–Crippen LogP) is 1.14. The van der Waals surface area contributed by atoms with Crippen LogP contribution in [-0.2, 0) is 4.79 Å². The van der Waals surface area contributed by atoms with Gasteiger partial charge in [0.05, 0.1) is 6.10 Å². The lowest BCUT2D eigenvalue weighted by Gasteiger charge is -2.31. The fraction of sp³-hybridized carbons (Fsp3) is 0.867. The van der Waals surface area contributed by atoms with Crippen molar-refractivity contribution < 1.29 is 19.8 Å². The van der Waals surface area contributed by atoms with E-state index in [2.05, 4.69) is 0 Å². The molecule has 0 aromatic rings. The summed E-state index contributed by atoms with van der Waals surface area (Å²) < 4.78 is 0. The number of carboxylic acids is 1. The van der Waals surface area contributed by atoms with Gasteiger partial charge in [-0.05, 0) is 31.6 Å². The molecule has 2 saturated heterocycles. The number of carbonyl (C=O) groups is 2. The number of aliphatic hydroxyl groups excluding tert-OH is 1. The van der Waals surface area contributed by atoms with E-state index in [1.807, 2.05) is 0 Å². The van der Waals surface area contributed by atoms with Gasteiger partial charge in [0.15, 0.2) is 0 Å². The van der Waals surface area contributed by atoms with Crippen molar-refractivity contribution >= 4 is 12.0 Å². The van der Waals surface area contributed by atoms with Crippen LogP contribution in [0.15, 0.2) is 0 Å². The van der Waals surface area contributed by atoms with Crippen LogP contribution in [0.3, 0.4) is 0 Å². The highest BCUT2D eigenvalue weighted by atomic mass is 16.4. The van der Waals surface area contributed by atoms with E-state index in [9.17, 15) is 19.8 Å². The van der Waals surface area contributed by atoms with Crippen LogP contribution in [0.1, 0.15) is 38.5 Å². The Kier molecular flexibility index (Phi) is 4.06. The van der Waals surface area contributed by atoms with Gasteiger partial charge in [-0.1, -0.05) is 12.8 Å². The molecule has 3 rings (SSSR count). The minimum atomic E-state index is -0.898. The largest absolute Gasteiger partial charge is 0.480 e. The predicted molar refractivity (Wildman–Crippen MR) is 75.8 cm³/mol. The molecule has 2 heterocycles. The molecular formula is C15H24N2O4. The molecule has 4 unspecified atom stereocenters. The monoisotopic (exact) mass is 296 g/mol. The van der Waals surface area contributed by atoms with Crippen LogP contribution in [0.2, 0.25) is 0 Å². The van der Waals surface area contributed by atoms with Crippen molar-refractivity contribution in [2.24, 2.45) is 11.8 Å². The summed E-state index contributed by atoms with van der Waals surface area (Å²) in [6.45, 7) is 1.78. The maximum atomic E-state index is 12.7. The van der Waals surface area contributed by atoms with Crippen LogP contribution in [0.4, 0.5) is 4.79 Å². The van der Waals surface area contributed by atoms with E-state index in [-0.39, 0.29) is 18.1 Å². The first kappa shape index (κ1) is 14.6. The fourth-order valence-electron chi connectivity index (χ4n) is 4.17. The Morgan fingerprint density at radius 2 is 1.81 bits per heavy atom. The Morgan fingerprint density at radius 3 is 2.52 bits per heavy atom. The molecule has 4 atom stereocenters. The maximum absolute atomic E-state index is 12.7. The quantitative estimate of drug-likeness (QED) is 0.760. The number of nitrogens with zero attached hydrogens (tertiary/aromatic N) is 2. The number of hydrogen-bond donors (Lipinski definition) is 2. The van der Waals surface area contributed by atoms with Crippen LogP contribution in [-0.4, -0.2) is 63.8 Å². The topological polar surface area (TPSA) is 81.1 Å². The molecule has 1 saturated carbocycles. The van der Waals surface area contributed by atoms with E-state index < -0.39 is 12.0 Å². The molecule has 6 nitrogen and oxygen atoms in total. The summed E-state index contributed by atoms with van der Waals surface area (Å²) in [6.07, 6.45) is 4.77. The molecule has 0 spiro atoms. The van der Waals surface area contributed by atoms with E-state index in [1.54, 1.807) is 9.80 Å². The number of amides is 2. The van der Waals surface area contributed by atoms with Crippen LogP contribution in [0.5, 0.6) is 0 Å².